The number of carbonyl (C=O) groups excluding carboxylic acids is 1. The zero-order chi connectivity index (χ0) is 26.8. The van der Waals surface area contributed by atoms with Crippen LogP contribution in [0.1, 0.15) is 15.9 Å². The number of phenolic OH excluding ortho intramolecular Hbond substituents is 1. The molecule has 1 aliphatic rings. The van der Waals surface area contributed by atoms with E-state index in [1.807, 2.05) is 12.1 Å². The molecule has 14 heteroatoms. The number of fused-ring (bicyclic) bond motifs is 1. The van der Waals surface area contributed by atoms with Crippen LogP contribution in [0.3, 0.4) is 0 Å². The summed E-state index contributed by atoms with van der Waals surface area (Å²) in [7, 11) is -7.96. The number of nitrogens with zero attached hydrogens (tertiary/aromatic N) is 2. The summed E-state index contributed by atoms with van der Waals surface area (Å²) in [6, 6.07) is 14.9. The van der Waals surface area contributed by atoms with Gasteiger partial charge in [0.05, 0.1) is 26.8 Å². The molecule has 0 atom stereocenters. The van der Waals surface area contributed by atoms with Crippen LogP contribution in [0.25, 0.3) is 0 Å². The topological polar surface area (TPSA) is 176 Å². The number of carbonyl (C=O) groups is 1. The Morgan fingerprint density at radius 2 is 1.78 bits per heavy atom. The van der Waals surface area contributed by atoms with Gasteiger partial charge in [0.1, 0.15) is 5.75 Å². The van der Waals surface area contributed by atoms with Gasteiger partial charge in [-0.25, -0.2) is 16.8 Å². The van der Waals surface area contributed by atoms with Crippen molar-refractivity contribution < 1.29 is 31.7 Å². The van der Waals surface area contributed by atoms with Crippen LogP contribution >= 0.6 is 0 Å². The van der Waals surface area contributed by atoms with Gasteiger partial charge in [-0.1, -0.05) is 24.3 Å². The average Bonchev–Trinajstić information content (AvgIpc) is 3.30. The molecule has 0 saturated heterocycles. The van der Waals surface area contributed by atoms with Crippen LogP contribution < -0.4 is 14.3 Å². The number of nitro groups is 1. The SMILES string of the molecule is O=C(NCCS(=O)(=O)N1CCc2ccccc21)c1cc(NS(=O)(=O)c2cccc([N+](=O)[O-])c2)ccc1O. The molecule has 0 spiro atoms. The maximum Gasteiger partial charge on any atom is 0.270 e. The van der Waals surface area contributed by atoms with Crippen LogP contribution in [0.15, 0.2) is 71.6 Å². The van der Waals surface area contributed by atoms with Crippen LogP contribution in [0.2, 0.25) is 0 Å². The third kappa shape index (κ3) is 5.65. The highest BCUT2D eigenvalue weighted by Gasteiger charge is 2.29. The summed E-state index contributed by atoms with van der Waals surface area (Å²) in [5, 5.41) is 23.5. The molecule has 37 heavy (non-hydrogen) atoms. The first kappa shape index (κ1) is 25.9. The molecule has 3 N–H and O–H groups in total. The van der Waals surface area contributed by atoms with Gasteiger partial charge in [-0.3, -0.25) is 23.9 Å². The second kappa shape index (κ2) is 10.1. The first-order valence-electron chi connectivity index (χ1n) is 10.9. The minimum Gasteiger partial charge on any atom is -0.507 e. The highest BCUT2D eigenvalue weighted by molar-refractivity contribution is 7.93. The second-order valence-corrected chi connectivity index (χ2v) is 11.8. The Balaban J connectivity index is 1.43. The summed E-state index contributed by atoms with van der Waals surface area (Å²) in [5.74, 6) is -1.65. The number of benzene rings is 3. The zero-order valence-corrected chi connectivity index (χ0v) is 20.8. The summed E-state index contributed by atoms with van der Waals surface area (Å²) in [6.45, 7) is 0.0616. The van der Waals surface area contributed by atoms with Crippen molar-refractivity contribution >= 4 is 43.0 Å². The van der Waals surface area contributed by atoms with Gasteiger partial charge in [-0.2, -0.15) is 0 Å². The lowest BCUT2D eigenvalue weighted by Crippen LogP contribution is -2.37. The lowest BCUT2D eigenvalue weighted by atomic mass is 10.1. The van der Waals surface area contributed by atoms with E-state index >= 15 is 0 Å². The van der Waals surface area contributed by atoms with Gasteiger partial charge in [-0.15, -0.1) is 0 Å². The van der Waals surface area contributed by atoms with Crippen molar-refractivity contribution in [1.29, 1.82) is 0 Å². The molecule has 0 bridgehead atoms. The Hall–Kier alpha value is -4.17. The van der Waals surface area contributed by atoms with Gasteiger partial charge in [-0.05, 0) is 42.3 Å². The molecule has 0 aromatic heterocycles. The summed E-state index contributed by atoms with van der Waals surface area (Å²) in [5.41, 5.74) is 0.736. The van der Waals surface area contributed by atoms with E-state index < -0.39 is 42.3 Å². The molecule has 0 fully saturated rings. The number of anilines is 2. The van der Waals surface area contributed by atoms with Crippen molar-refractivity contribution in [3.05, 3.63) is 88.0 Å². The third-order valence-corrected chi connectivity index (χ3v) is 8.81. The number of sulfonamides is 2. The minimum absolute atomic E-state index is 0.0873. The summed E-state index contributed by atoms with van der Waals surface area (Å²) < 4.78 is 54.4. The first-order valence-corrected chi connectivity index (χ1v) is 14.0. The predicted octanol–water partition coefficient (Wildman–Crippen LogP) is 2.22. The van der Waals surface area contributed by atoms with E-state index in [9.17, 15) is 36.9 Å². The van der Waals surface area contributed by atoms with Gasteiger partial charge in [0.15, 0.2) is 0 Å². The molecular weight excluding hydrogens is 524 g/mol. The Bertz CT molecular complexity index is 1590. The van der Waals surface area contributed by atoms with E-state index in [1.54, 1.807) is 12.1 Å². The lowest BCUT2D eigenvalue weighted by molar-refractivity contribution is -0.385. The first-order chi connectivity index (χ1) is 17.5. The van der Waals surface area contributed by atoms with Crippen molar-refractivity contribution in [2.24, 2.45) is 0 Å². The number of para-hydroxylation sites is 1. The van der Waals surface area contributed by atoms with Gasteiger partial charge in [0.2, 0.25) is 10.0 Å². The van der Waals surface area contributed by atoms with E-state index in [0.717, 1.165) is 29.8 Å². The van der Waals surface area contributed by atoms with Crippen LogP contribution in [-0.2, 0) is 26.5 Å². The monoisotopic (exact) mass is 546 g/mol. The molecule has 1 heterocycles. The quantitative estimate of drug-likeness (QED) is 0.208. The van der Waals surface area contributed by atoms with Crippen LogP contribution in [0, 0.1) is 10.1 Å². The largest absolute Gasteiger partial charge is 0.507 e. The fourth-order valence-corrected chi connectivity index (χ4v) is 6.37. The summed E-state index contributed by atoms with van der Waals surface area (Å²) in [6.07, 6.45) is 0.592. The maximum absolute atomic E-state index is 12.8. The van der Waals surface area contributed by atoms with E-state index in [2.05, 4.69) is 10.0 Å². The Labute approximate surface area is 212 Å². The van der Waals surface area contributed by atoms with E-state index in [4.69, 9.17) is 0 Å². The smallest absolute Gasteiger partial charge is 0.270 e. The van der Waals surface area contributed by atoms with Crippen LogP contribution in [0.4, 0.5) is 17.1 Å². The van der Waals surface area contributed by atoms with Crippen molar-refractivity contribution in [2.45, 2.75) is 11.3 Å². The van der Waals surface area contributed by atoms with Gasteiger partial charge in [0.25, 0.3) is 21.6 Å². The van der Waals surface area contributed by atoms with Crippen LogP contribution in [0.5, 0.6) is 5.75 Å². The minimum atomic E-state index is -4.25. The fraction of sp³-hybridized carbons (Fsp3) is 0.174. The summed E-state index contributed by atoms with van der Waals surface area (Å²) >= 11 is 0. The summed E-state index contributed by atoms with van der Waals surface area (Å²) in [4.78, 5) is 22.5. The zero-order valence-electron chi connectivity index (χ0n) is 19.2. The van der Waals surface area contributed by atoms with Crippen molar-refractivity contribution in [3.63, 3.8) is 0 Å². The van der Waals surface area contributed by atoms with Crippen molar-refractivity contribution in [3.8, 4) is 5.75 Å². The Morgan fingerprint density at radius 1 is 1.03 bits per heavy atom. The molecule has 3 aromatic rings. The average molecular weight is 547 g/mol. The molecule has 3 aromatic carbocycles. The Morgan fingerprint density at radius 3 is 2.54 bits per heavy atom. The number of rotatable bonds is 9. The third-order valence-electron chi connectivity index (χ3n) is 5.66. The molecule has 0 unspecified atom stereocenters. The predicted molar refractivity (Wildman–Crippen MR) is 136 cm³/mol. The lowest BCUT2D eigenvalue weighted by Gasteiger charge is -2.19. The molecule has 4 rings (SSSR count). The number of hydrogen-bond donors (Lipinski definition) is 3. The van der Waals surface area contributed by atoms with Crippen LogP contribution in [-0.4, -0.2) is 51.6 Å². The molecule has 0 radical (unpaired) electrons. The number of amides is 1. The number of nitro benzene ring substituents is 1. The van der Waals surface area contributed by atoms with E-state index in [0.29, 0.717) is 18.7 Å². The normalized spacial score (nSPS) is 13.1. The number of aromatic hydroxyl groups is 1. The van der Waals surface area contributed by atoms with Crippen molar-refractivity contribution in [1.82, 2.24) is 5.32 Å². The highest BCUT2D eigenvalue weighted by atomic mass is 32.2. The number of phenols is 1. The standard InChI is InChI=1S/C23H22N4O8S2/c28-22-9-8-17(25-37(34,35)19-6-3-5-18(15-19)27(30)31)14-20(22)23(29)24-11-13-36(32,33)26-12-10-16-4-1-2-7-21(16)26/h1-9,14-15,25,28H,10-13H2,(H,24,29). The maximum atomic E-state index is 12.8. The van der Waals surface area contributed by atoms with Gasteiger partial charge < -0.3 is 10.4 Å². The molecule has 12 nitrogen and oxygen atoms in total. The second-order valence-electron chi connectivity index (χ2n) is 8.11. The fourth-order valence-electron chi connectivity index (χ4n) is 3.86. The molecule has 0 saturated carbocycles. The van der Waals surface area contributed by atoms with Gasteiger partial charge in [0, 0.05) is 30.9 Å². The number of nitrogens with one attached hydrogen (secondary N) is 2. The van der Waals surface area contributed by atoms with E-state index in [-0.39, 0.29) is 28.4 Å². The number of hydrogen-bond acceptors (Lipinski definition) is 8. The molecule has 1 aliphatic heterocycles. The number of non-ortho nitro benzene ring substituents is 1. The van der Waals surface area contributed by atoms with E-state index in [1.165, 1.54) is 22.5 Å². The molecular formula is C23H22N4O8S2. The van der Waals surface area contributed by atoms with Crippen molar-refractivity contribution in [2.75, 3.05) is 27.9 Å². The molecule has 0 aliphatic carbocycles. The highest BCUT2D eigenvalue weighted by Crippen LogP contribution is 2.30. The molecule has 194 valence electrons. The van der Waals surface area contributed by atoms with Gasteiger partial charge >= 0.3 is 0 Å². The molecule has 1 amide bonds. The Kier molecular flexibility index (Phi) is 7.05.